The number of hydrogen-bond donors (Lipinski definition) is 0. The van der Waals surface area contributed by atoms with Gasteiger partial charge >= 0.3 is 20.2 Å². The maximum absolute atomic E-state index is 14.0. The van der Waals surface area contributed by atoms with Gasteiger partial charge in [-0.15, -0.1) is 11.3 Å². The molecule has 1 fully saturated rings. The molecular weight excluding hydrogens is 599 g/mol. The number of likely N-dealkylation sites (N-methyl/N-ethyl adjacent to an activating group) is 1. The standard InChI is InChI=1S/C30H31NO8S3/c1-31-17-5-4-6-22(31)19-37-23-11-7-20(8-12-23)29(32)28-26-16-15-25(39-42(3,35)36)18-27(26)40-30(28)21-9-13-24(14-10-21)38-41(2,33)34/h7-16,18,22H,4-6,17,19H2,1-3H3. The van der Waals surface area contributed by atoms with Crippen molar-refractivity contribution in [2.24, 2.45) is 0 Å². The highest BCUT2D eigenvalue weighted by Gasteiger charge is 2.23. The van der Waals surface area contributed by atoms with Crippen molar-refractivity contribution in [2.45, 2.75) is 25.3 Å². The number of ether oxygens (including phenoxy) is 1. The monoisotopic (exact) mass is 629 g/mol. The lowest BCUT2D eigenvalue weighted by atomic mass is 9.97. The maximum Gasteiger partial charge on any atom is 0.306 e. The summed E-state index contributed by atoms with van der Waals surface area (Å²) in [6, 6.07) is 18.6. The molecule has 0 saturated carbocycles. The van der Waals surface area contributed by atoms with Crippen LogP contribution >= 0.6 is 11.3 Å². The normalized spacial score (nSPS) is 16.3. The number of carbonyl (C=O) groups excluding carboxylic acids is 1. The number of nitrogens with zero attached hydrogens (tertiary/aromatic N) is 1. The van der Waals surface area contributed by atoms with E-state index < -0.39 is 20.2 Å². The molecule has 0 spiro atoms. The molecular formula is C30H31NO8S3. The van der Waals surface area contributed by atoms with Crippen molar-refractivity contribution in [1.29, 1.82) is 0 Å². The lowest BCUT2D eigenvalue weighted by Crippen LogP contribution is -2.40. The van der Waals surface area contributed by atoms with Crippen LogP contribution in [0.3, 0.4) is 0 Å². The van der Waals surface area contributed by atoms with E-state index in [0.29, 0.717) is 50.1 Å². The summed E-state index contributed by atoms with van der Waals surface area (Å²) in [5, 5.41) is 0.637. The average Bonchev–Trinajstić information content (AvgIpc) is 3.30. The van der Waals surface area contributed by atoms with Crippen LogP contribution in [0.15, 0.2) is 66.7 Å². The Morgan fingerprint density at radius 3 is 2.12 bits per heavy atom. The molecule has 2 heterocycles. The summed E-state index contributed by atoms with van der Waals surface area (Å²) < 4.78 is 63.2. The van der Waals surface area contributed by atoms with E-state index >= 15 is 0 Å². The van der Waals surface area contributed by atoms with Gasteiger partial charge in [-0.2, -0.15) is 16.8 Å². The van der Waals surface area contributed by atoms with Crippen LogP contribution < -0.4 is 13.1 Å². The molecule has 0 bridgehead atoms. The fourth-order valence-corrected chi connectivity index (χ4v) is 7.11. The van der Waals surface area contributed by atoms with Crippen LogP contribution in [-0.2, 0) is 20.2 Å². The third-order valence-corrected chi connectivity index (χ3v) is 9.17. The Balaban J connectivity index is 1.47. The van der Waals surface area contributed by atoms with E-state index in [1.54, 1.807) is 48.5 Å². The summed E-state index contributed by atoms with van der Waals surface area (Å²) in [6.07, 6.45) is 5.42. The third kappa shape index (κ3) is 7.30. The van der Waals surface area contributed by atoms with Crippen molar-refractivity contribution in [2.75, 3.05) is 32.7 Å². The van der Waals surface area contributed by atoms with Gasteiger partial charge in [-0.05, 0) is 98.7 Å². The highest BCUT2D eigenvalue weighted by molar-refractivity contribution is 7.86. The number of fused-ring (bicyclic) bond motifs is 1. The smallest absolute Gasteiger partial charge is 0.306 e. The van der Waals surface area contributed by atoms with Crippen LogP contribution in [0.1, 0.15) is 35.2 Å². The van der Waals surface area contributed by atoms with Crippen molar-refractivity contribution in [3.05, 3.63) is 77.9 Å². The Morgan fingerprint density at radius 2 is 1.48 bits per heavy atom. The molecule has 0 aliphatic carbocycles. The van der Waals surface area contributed by atoms with Crippen LogP contribution in [-0.4, -0.2) is 66.3 Å². The van der Waals surface area contributed by atoms with E-state index in [0.717, 1.165) is 25.5 Å². The second-order valence-corrected chi connectivity index (χ2v) is 14.6. The SMILES string of the molecule is CN1CCCCC1COc1ccc(C(=O)c2c(-c3ccc(OS(C)(=O)=O)cc3)sc3cc(OS(C)(=O)=O)ccc23)cc1. The van der Waals surface area contributed by atoms with Crippen LogP contribution in [0.25, 0.3) is 20.5 Å². The lowest BCUT2D eigenvalue weighted by molar-refractivity contribution is 0.104. The number of hydrogen-bond acceptors (Lipinski definition) is 10. The first kappa shape index (κ1) is 30.0. The fourth-order valence-electron chi connectivity index (χ4n) is 4.96. The van der Waals surface area contributed by atoms with E-state index in [1.807, 2.05) is 0 Å². The molecule has 9 nitrogen and oxygen atoms in total. The molecule has 1 aliphatic heterocycles. The summed E-state index contributed by atoms with van der Waals surface area (Å²) in [7, 11) is -5.33. The summed E-state index contributed by atoms with van der Waals surface area (Å²) in [4.78, 5) is 16.9. The predicted octanol–water partition coefficient (Wildman–Crippen LogP) is 5.34. The van der Waals surface area contributed by atoms with Crippen LogP contribution in [0.4, 0.5) is 0 Å². The number of ketones is 1. The number of rotatable bonds is 10. The molecule has 1 saturated heterocycles. The molecule has 0 radical (unpaired) electrons. The van der Waals surface area contributed by atoms with Crippen molar-refractivity contribution < 1.29 is 34.7 Å². The van der Waals surface area contributed by atoms with Crippen LogP contribution in [0, 0.1) is 0 Å². The van der Waals surface area contributed by atoms with E-state index in [4.69, 9.17) is 13.1 Å². The third-order valence-electron chi connectivity index (χ3n) is 6.98. The molecule has 3 aromatic carbocycles. The number of piperidine rings is 1. The molecule has 0 N–H and O–H groups in total. The zero-order valence-electron chi connectivity index (χ0n) is 23.4. The van der Waals surface area contributed by atoms with Crippen molar-refractivity contribution >= 4 is 47.4 Å². The molecule has 1 unspecified atom stereocenters. The second-order valence-electron chi connectivity index (χ2n) is 10.4. The number of likely N-dealkylation sites (tertiary alicyclic amines) is 1. The largest absolute Gasteiger partial charge is 0.492 e. The Kier molecular flexibility index (Phi) is 8.61. The molecule has 4 aromatic rings. The van der Waals surface area contributed by atoms with E-state index in [1.165, 1.54) is 42.4 Å². The predicted molar refractivity (Wildman–Crippen MR) is 164 cm³/mol. The summed E-state index contributed by atoms with van der Waals surface area (Å²) in [5.41, 5.74) is 1.57. The van der Waals surface area contributed by atoms with Gasteiger partial charge in [0.2, 0.25) is 0 Å². The molecule has 42 heavy (non-hydrogen) atoms. The Hall–Kier alpha value is -3.45. The minimum Gasteiger partial charge on any atom is -0.492 e. The van der Waals surface area contributed by atoms with Gasteiger partial charge in [-0.1, -0.05) is 6.42 Å². The van der Waals surface area contributed by atoms with Gasteiger partial charge in [-0.25, -0.2) is 0 Å². The number of benzene rings is 3. The van der Waals surface area contributed by atoms with Gasteiger partial charge in [0.05, 0.1) is 12.5 Å². The van der Waals surface area contributed by atoms with Crippen molar-refractivity contribution in [3.8, 4) is 27.7 Å². The van der Waals surface area contributed by atoms with Crippen LogP contribution in [0.5, 0.6) is 17.2 Å². The van der Waals surface area contributed by atoms with E-state index in [-0.39, 0.29) is 17.3 Å². The minimum absolute atomic E-state index is 0.138. The fraction of sp³-hybridized carbons (Fsp3) is 0.300. The first-order valence-corrected chi connectivity index (χ1v) is 17.7. The molecule has 1 aromatic heterocycles. The maximum atomic E-state index is 14.0. The lowest BCUT2D eigenvalue weighted by Gasteiger charge is -2.32. The summed E-state index contributed by atoms with van der Waals surface area (Å²) in [6.45, 7) is 1.65. The van der Waals surface area contributed by atoms with Gasteiger partial charge in [-0.3, -0.25) is 4.79 Å². The number of carbonyl (C=O) groups is 1. The number of thiophene rings is 1. The first-order chi connectivity index (χ1) is 19.9. The average molecular weight is 630 g/mol. The minimum atomic E-state index is -3.74. The quantitative estimate of drug-likeness (QED) is 0.169. The Morgan fingerprint density at radius 1 is 0.857 bits per heavy atom. The van der Waals surface area contributed by atoms with Crippen molar-refractivity contribution in [3.63, 3.8) is 0 Å². The molecule has 1 aliphatic rings. The van der Waals surface area contributed by atoms with Gasteiger partial charge in [0.15, 0.2) is 5.78 Å². The highest BCUT2D eigenvalue weighted by atomic mass is 32.2. The van der Waals surface area contributed by atoms with Crippen molar-refractivity contribution in [1.82, 2.24) is 4.90 Å². The summed E-state index contributed by atoms with van der Waals surface area (Å²) in [5.74, 6) is 0.751. The van der Waals surface area contributed by atoms with Crippen LogP contribution in [0.2, 0.25) is 0 Å². The zero-order chi connectivity index (χ0) is 30.1. The molecule has 5 rings (SSSR count). The van der Waals surface area contributed by atoms with Gasteiger partial charge in [0.25, 0.3) is 0 Å². The molecule has 12 heteroatoms. The first-order valence-electron chi connectivity index (χ1n) is 13.3. The van der Waals surface area contributed by atoms with Gasteiger partial charge < -0.3 is 18.0 Å². The van der Waals surface area contributed by atoms with E-state index in [9.17, 15) is 21.6 Å². The van der Waals surface area contributed by atoms with Gasteiger partial charge in [0.1, 0.15) is 23.9 Å². The molecule has 0 amide bonds. The second kappa shape index (κ2) is 12.0. The highest BCUT2D eigenvalue weighted by Crippen LogP contribution is 2.42. The molecule has 222 valence electrons. The van der Waals surface area contributed by atoms with Gasteiger partial charge in [0, 0.05) is 32.1 Å². The molecule has 1 atom stereocenters. The van der Waals surface area contributed by atoms with E-state index in [2.05, 4.69) is 11.9 Å². The summed E-state index contributed by atoms with van der Waals surface area (Å²) >= 11 is 1.30. The zero-order valence-corrected chi connectivity index (χ0v) is 25.9. The Bertz CT molecular complexity index is 1810. The topological polar surface area (TPSA) is 116 Å². The Labute approximate surface area is 249 Å².